The summed E-state index contributed by atoms with van der Waals surface area (Å²) in [5.41, 5.74) is 0.359. The number of benzene rings is 1. The summed E-state index contributed by atoms with van der Waals surface area (Å²) in [6.07, 6.45) is 0. The first-order chi connectivity index (χ1) is 9.49. The Morgan fingerprint density at radius 2 is 1.85 bits per heavy atom. The largest absolute Gasteiger partial charge is 0.333 e. The first-order valence-electron chi connectivity index (χ1n) is 6.15. The molecule has 0 unspecified atom stereocenters. The van der Waals surface area contributed by atoms with E-state index in [9.17, 15) is 9.59 Å². The van der Waals surface area contributed by atoms with Crippen LogP contribution in [0.3, 0.4) is 0 Å². The van der Waals surface area contributed by atoms with E-state index in [1.807, 2.05) is 6.92 Å². The van der Waals surface area contributed by atoms with E-state index in [1.165, 1.54) is 4.90 Å². The molecule has 0 aliphatic rings. The summed E-state index contributed by atoms with van der Waals surface area (Å²) in [6.45, 7) is 2.40. The van der Waals surface area contributed by atoms with Crippen LogP contribution in [0.5, 0.6) is 0 Å². The van der Waals surface area contributed by atoms with Gasteiger partial charge in [0.2, 0.25) is 11.8 Å². The van der Waals surface area contributed by atoms with Crippen molar-refractivity contribution in [3.63, 3.8) is 0 Å². The Balaban J connectivity index is 2.69. The van der Waals surface area contributed by atoms with Crippen LogP contribution in [0.1, 0.15) is 6.92 Å². The number of anilines is 1. The predicted molar refractivity (Wildman–Crippen MR) is 81.3 cm³/mol. The highest BCUT2D eigenvalue weighted by molar-refractivity contribution is 6.39. The van der Waals surface area contributed by atoms with Crippen LogP contribution in [0.2, 0.25) is 10.0 Å². The summed E-state index contributed by atoms with van der Waals surface area (Å²) in [6, 6.07) is 4.95. The maximum atomic E-state index is 12.0. The van der Waals surface area contributed by atoms with Crippen LogP contribution in [0, 0.1) is 0 Å². The summed E-state index contributed by atoms with van der Waals surface area (Å²) >= 11 is 11.9. The predicted octanol–water partition coefficient (Wildman–Crippen LogP) is 2.00. The minimum atomic E-state index is -0.341. The number of likely N-dealkylation sites (N-methyl/N-ethyl adjacent to an activating group) is 2. The number of carbonyl (C=O) groups is 2. The van der Waals surface area contributed by atoms with Crippen LogP contribution >= 0.6 is 23.2 Å². The van der Waals surface area contributed by atoms with E-state index in [0.29, 0.717) is 22.3 Å². The third-order valence-corrected chi connectivity index (χ3v) is 3.25. The molecule has 1 aromatic carbocycles. The maximum absolute atomic E-state index is 12.0. The molecule has 0 atom stereocenters. The Labute approximate surface area is 128 Å². The van der Waals surface area contributed by atoms with Crippen LogP contribution in [-0.2, 0) is 9.59 Å². The minimum absolute atomic E-state index is 0.0431. The topological polar surface area (TPSA) is 61.4 Å². The second-order valence-corrected chi connectivity index (χ2v) is 4.90. The van der Waals surface area contributed by atoms with Crippen LogP contribution < -0.4 is 10.6 Å². The Hall–Kier alpha value is -1.30. The molecular formula is C13H17Cl2N3O2. The van der Waals surface area contributed by atoms with Gasteiger partial charge in [-0.3, -0.25) is 9.59 Å². The lowest BCUT2D eigenvalue weighted by Crippen LogP contribution is -2.41. The van der Waals surface area contributed by atoms with Gasteiger partial charge in [0.25, 0.3) is 0 Å². The molecule has 0 bridgehead atoms. The minimum Gasteiger partial charge on any atom is -0.333 e. The van der Waals surface area contributed by atoms with E-state index in [0.717, 1.165) is 0 Å². The second kappa shape index (κ2) is 8.09. The molecule has 0 aromatic heterocycles. The molecule has 5 nitrogen and oxygen atoms in total. The molecule has 0 fully saturated rings. The van der Waals surface area contributed by atoms with Crippen molar-refractivity contribution in [2.45, 2.75) is 6.92 Å². The standard InChI is InChI=1S/C13H17Cl2N3O2/c1-3-18(12(20)7-16-2)8-11(19)17-13-9(14)5-4-6-10(13)15/h4-6,16H,3,7-8H2,1-2H3,(H,17,19). The number of carbonyl (C=O) groups excluding carboxylic acids is 2. The first kappa shape index (κ1) is 16.8. The molecule has 0 radical (unpaired) electrons. The van der Waals surface area contributed by atoms with Crippen molar-refractivity contribution in [2.75, 3.05) is 32.0 Å². The van der Waals surface area contributed by atoms with Gasteiger partial charge >= 0.3 is 0 Å². The third kappa shape index (κ3) is 4.67. The average Bonchev–Trinajstić information content (AvgIpc) is 2.40. The fourth-order valence-electron chi connectivity index (χ4n) is 1.61. The van der Waals surface area contributed by atoms with Gasteiger partial charge in [-0.2, -0.15) is 0 Å². The van der Waals surface area contributed by atoms with Gasteiger partial charge in [0.1, 0.15) is 0 Å². The molecule has 0 saturated heterocycles. The van der Waals surface area contributed by atoms with Gasteiger partial charge in [0.15, 0.2) is 0 Å². The van der Waals surface area contributed by atoms with Gasteiger partial charge in [0.05, 0.1) is 28.8 Å². The summed E-state index contributed by atoms with van der Waals surface area (Å²) < 4.78 is 0. The van der Waals surface area contributed by atoms with E-state index >= 15 is 0 Å². The van der Waals surface area contributed by atoms with Gasteiger partial charge in [-0.1, -0.05) is 29.3 Å². The van der Waals surface area contributed by atoms with Gasteiger partial charge in [-0.15, -0.1) is 0 Å². The van der Waals surface area contributed by atoms with E-state index < -0.39 is 0 Å². The number of rotatable bonds is 6. The van der Waals surface area contributed by atoms with Crippen molar-refractivity contribution in [2.24, 2.45) is 0 Å². The molecule has 0 aliphatic carbocycles. The number of hydrogen-bond donors (Lipinski definition) is 2. The highest BCUT2D eigenvalue weighted by Crippen LogP contribution is 2.29. The summed E-state index contributed by atoms with van der Waals surface area (Å²) in [5.74, 6) is -0.485. The first-order valence-corrected chi connectivity index (χ1v) is 6.91. The van der Waals surface area contributed by atoms with E-state index in [2.05, 4.69) is 10.6 Å². The molecule has 0 saturated carbocycles. The third-order valence-electron chi connectivity index (χ3n) is 2.62. The molecule has 0 heterocycles. The van der Waals surface area contributed by atoms with Crippen molar-refractivity contribution >= 4 is 40.7 Å². The van der Waals surface area contributed by atoms with Crippen molar-refractivity contribution in [3.8, 4) is 0 Å². The van der Waals surface area contributed by atoms with Crippen LogP contribution in [0.4, 0.5) is 5.69 Å². The zero-order valence-electron chi connectivity index (χ0n) is 11.4. The quantitative estimate of drug-likeness (QED) is 0.843. The van der Waals surface area contributed by atoms with Crippen molar-refractivity contribution in [1.82, 2.24) is 10.2 Å². The number of nitrogens with one attached hydrogen (secondary N) is 2. The number of halogens is 2. The zero-order chi connectivity index (χ0) is 15.1. The van der Waals surface area contributed by atoms with Gasteiger partial charge in [-0.25, -0.2) is 0 Å². The van der Waals surface area contributed by atoms with E-state index in [-0.39, 0.29) is 24.9 Å². The second-order valence-electron chi connectivity index (χ2n) is 4.08. The van der Waals surface area contributed by atoms with Crippen molar-refractivity contribution in [1.29, 1.82) is 0 Å². The van der Waals surface area contributed by atoms with Crippen LogP contribution in [0.15, 0.2) is 18.2 Å². The average molecular weight is 318 g/mol. The molecule has 7 heteroatoms. The Morgan fingerprint density at radius 3 is 2.35 bits per heavy atom. The molecule has 1 aromatic rings. The lowest BCUT2D eigenvalue weighted by atomic mass is 10.3. The SMILES string of the molecule is CCN(CC(=O)Nc1c(Cl)cccc1Cl)C(=O)CNC. The number of amides is 2. The molecule has 0 aliphatic heterocycles. The van der Waals surface area contributed by atoms with Crippen molar-refractivity contribution in [3.05, 3.63) is 28.2 Å². The van der Waals surface area contributed by atoms with Gasteiger partial charge in [-0.05, 0) is 26.1 Å². The lowest BCUT2D eigenvalue weighted by Gasteiger charge is -2.20. The summed E-state index contributed by atoms with van der Waals surface area (Å²) in [7, 11) is 1.68. The highest BCUT2D eigenvalue weighted by atomic mass is 35.5. The maximum Gasteiger partial charge on any atom is 0.244 e. The molecule has 20 heavy (non-hydrogen) atoms. The number of para-hydroxylation sites is 1. The molecule has 2 N–H and O–H groups in total. The fraction of sp³-hybridized carbons (Fsp3) is 0.385. The van der Waals surface area contributed by atoms with Crippen molar-refractivity contribution < 1.29 is 9.59 Å². The summed E-state index contributed by atoms with van der Waals surface area (Å²) in [5, 5.41) is 6.10. The molecule has 0 spiro atoms. The van der Waals surface area contributed by atoms with E-state index in [4.69, 9.17) is 23.2 Å². The van der Waals surface area contributed by atoms with Gasteiger partial charge in [0, 0.05) is 6.54 Å². The Morgan fingerprint density at radius 1 is 1.25 bits per heavy atom. The van der Waals surface area contributed by atoms with Crippen LogP contribution in [0.25, 0.3) is 0 Å². The normalized spacial score (nSPS) is 10.2. The number of nitrogens with zero attached hydrogens (tertiary/aromatic N) is 1. The lowest BCUT2D eigenvalue weighted by molar-refractivity contribution is -0.133. The molecule has 1 rings (SSSR count). The molecular weight excluding hydrogens is 301 g/mol. The van der Waals surface area contributed by atoms with Crippen LogP contribution in [-0.4, -0.2) is 43.4 Å². The fourth-order valence-corrected chi connectivity index (χ4v) is 2.10. The monoisotopic (exact) mass is 317 g/mol. The summed E-state index contributed by atoms with van der Waals surface area (Å²) in [4.78, 5) is 25.1. The Kier molecular flexibility index (Phi) is 6.78. The Bertz CT molecular complexity index is 474. The number of hydrogen-bond acceptors (Lipinski definition) is 3. The zero-order valence-corrected chi connectivity index (χ0v) is 12.9. The van der Waals surface area contributed by atoms with E-state index in [1.54, 1.807) is 25.2 Å². The van der Waals surface area contributed by atoms with Gasteiger partial charge < -0.3 is 15.5 Å². The highest BCUT2D eigenvalue weighted by Gasteiger charge is 2.16. The smallest absolute Gasteiger partial charge is 0.244 e. The molecule has 2 amide bonds. The molecule has 110 valence electrons.